The Morgan fingerprint density at radius 1 is 1.32 bits per heavy atom. The fraction of sp³-hybridized carbons (Fsp3) is 0.667. The summed E-state index contributed by atoms with van der Waals surface area (Å²) < 4.78 is 0. The van der Waals surface area contributed by atoms with Gasteiger partial charge < -0.3 is 5.11 Å². The zero-order valence-corrected chi connectivity index (χ0v) is 13.5. The van der Waals surface area contributed by atoms with Gasteiger partial charge in [0.15, 0.2) is 0 Å². The lowest BCUT2D eigenvalue weighted by molar-refractivity contribution is 0.0638. The van der Waals surface area contributed by atoms with Crippen LogP contribution in [0.5, 0.6) is 0 Å². The highest BCUT2D eigenvalue weighted by molar-refractivity contribution is 5.14. The van der Waals surface area contributed by atoms with Crippen LogP contribution in [0.25, 0.3) is 0 Å². The van der Waals surface area contributed by atoms with Crippen molar-refractivity contribution in [1.82, 2.24) is 0 Å². The minimum absolute atomic E-state index is 0.0463. The van der Waals surface area contributed by atoms with Gasteiger partial charge in [0.1, 0.15) is 0 Å². The van der Waals surface area contributed by atoms with Crippen molar-refractivity contribution in [3.8, 4) is 0 Å². The van der Waals surface area contributed by atoms with Crippen LogP contribution in [-0.2, 0) is 0 Å². The van der Waals surface area contributed by atoms with Crippen LogP contribution in [0.1, 0.15) is 60.3 Å². The maximum absolute atomic E-state index is 10.3. The predicted molar refractivity (Wildman–Crippen MR) is 86.2 cm³/mol. The van der Waals surface area contributed by atoms with Crippen molar-refractivity contribution >= 4 is 0 Å². The summed E-state index contributed by atoms with van der Waals surface area (Å²) in [6.45, 7) is 18.2. The molecule has 1 nitrogen and oxygen atoms in total. The molecular formula is C18H32O. The second kappa shape index (κ2) is 8.37. The Bertz CT molecular complexity index is 321. The van der Waals surface area contributed by atoms with Gasteiger partial charge in [0.05, 0.1) is 5.60 Å². The Morgan fingerprint density at radius 3 is 2.32 bits per heavy atom. The first-order chi connectivity index (χ1) is 8.70. The maximum Gasteiger partial charge on any atom is 0.0864 e. The van der Waals surface area contributed by atoms with Gasteiger partial charge >= 0.3 is 0 Å². The first-order valence-corrected chi connectivity index (χ1v) is 7.37. The molecule has 0 rings (SSSR count). The molecule has 0 amide bonds. The summed E-state index contributed by atoms with van der Waals surface area (Å²) in [5.74, 6) is 0.822. The van der Waals surface area contributed by atoms with Crippen LogP contribution in [-0.4, -0.2) is 10.7 Å². The summed E-state index contributed by atoms with van der Waals surface area (Å²) in [6.07, 6.45) is 8.38. The minimum Gasteiger partial charge on any atom is -0.385 e. The molecule has 0 aromatic heterocycles. The van der Waals surface area contributed by atoms with Crippen molar-refractivity contribution in [2.75, 3.05) is 0 Å². The standard InChI is InChI=1S/C18H32O/c1-8-18(7,19)17(15(4)5)13-12-16(6)11-9-10-14(2)3/h8,12,14,17,19H,1,4,9-11,13H2,2-3,5-7H3/b16-12+. The average molecular weight is 264 g/mol. The molecule has 0 aliphatic carbocycles. The summed E-state index contributed by atoms with van der Waals surface area (Å²) in [7, 11) is 0. The van der Waals surface area contributed by atoms with E-state index in [2.05, 4.69) is 40.0 Å². The van der Waals surface area contributed by atoms with Gasteiger partial charge in [0.25, 0.3) is 0 Å². The van der Waals surface area contributed by atoms with Gasteiger partial charge in [0.2, 0.25) is 0 Å². The van der Waals surface area contributed by atoms with E-state index in [0.29, 0.717) is 0 Å². The number of hydrogen-bond acceptors (Lipinski definition) is 1. The number of aliphatic hydroxyl groups is 1. The van der Waals surface area contributed by atoms with Crippen LogP contribution < -0.4 is 0 Å². The molecule has 0 saturated carbocycles. The van der Waals surface area contributed by atoms with E-state index >= 15 is 0 Å². The molecule has 0 aliphatic heterocycles. The van der Waals surface area contributed by atoms with Crippen LogP contribution in [0.3, 0.4) is 0 Å². The third-order valence-corrected chi connectivity index (χ3v) is 3.77. The summed E-state index contributed by atoms with van der Waals surface area (Å²) >= 11 is 0. The molecule has 0 bridgehead atoms. The van der Waals surface area contributed by atoms with Gasteiger partial charge in [-0.15, -0.1) is 6.58 Å². The second-order valence-electron chi connectivity index (χ2n) is 6.40. The van der Waals surface area contributed by atoms with E-state index < -0.39 is 5.60 Å². The molecule has 0 aromatic carbocycles. The molecule has 1 N–H and O–H groups in total. The topological polar surface area (TPSA) is 20.2 Å². The second-order valence-corrected chi connectivity index (χ2v) is 6.40. The van der Waals surface area contributed by atoms with Crippen LogP contribution in [0.2, 0.25) is 0 Å². The molecule has 0 aromatic rings. The Labute approximate surface area is 120 Å². The molecule has 0 fully saturated rings. The quantitative estimate of drug-likeness (QED) is 0.562. The van der Waals surface area contributed by atoms with Crippen LogP contribution in [0.4, 0.5) is 0 Å². The van der Waals surface area contributed by atoms with Gasteiger partial charge in [-0.25, -0.2) is 0 Å². The average Bonchev–Trinajstić information content (AvgIpc) is 2.27. The molecule has 2 atom stereocenters. The summed E-state index contributed by atoms with van der Waals surface area (Å²) in [5, 5.41) is 10.3. The maximum atomic E-state index is 10.3. The van der Waals surface area contributed by atoms with Crippen molar-refractivity contribution in [2.24, 2.45) is 11.8 Å². The van der Waals surface area contributed by atoms with Gasteiger partial charge in [-0.1, -0.05) is 50.1 Å². The highest BCUT2D eigenvalue weighted by Gasteiger charge is 2.28. The van der Waals surface area contributed by atoms with Crippen LogP contribution >= 0.6 is 0 Å². The summed E-state index contributed by atoms with van der Waals surface area (Å²) in [4.78, 5) is 0. The van der Waals surface area contributed by atoms with Gasteiger partial charge in [-0.2, -0.15) is 0 Å². The molecule has 1 heteroatoms. The molecule has 0 aliphatic rings. The Kier molecular flexibility index (Phi) is 8.01. The monoisotopic (exact) mass is 264 g/mol. The Hall–Kier alpha value is -0.820. The Morgan fingerprint density at radius 2 is 1.89 bits per heavy atom. The first kappa shape index (κ1) is 18.2. The zero-order valence-electron chi connectivity index (χ0n) is 13.5. The summed E-state index contributed by atoms with van der Waals surface area (Å²) in [6, 6.07) is 0. The SMILES string of the molecule is C=CC(C)(O)C(C/C=C(\C)CCCC(C)C)C(=C)C. The van der Waals surface area contributed by atoms with Crippen molar-refractivity contribution in [3.05, 3.63) is 36.5 Å². The smallest absolute Gasteiger partial charge is 0.0864 e. The molecule has 0 saturated heterocycles. The molecule has 2 unspecified atom stereocenters. The lowest BCUT2D eigenvalue weighted by atomic mass is 9.81. The normalized spacial score (nSPS) is 17.1. The fourth-order valence-corrected chi connectivity index (χ4v) is 2.29. The van der Waals surface area contributed by atoms with Gasteiger partial charge in [0, 0.05) is 5.92 Å². The third kappa shape index (κ3) is 7.37. The van der Waals surface area contributed by atoms with E-state index in [1.54, 1.807) is 13.0 Å². The summed E-state index contributed by atoms with van der Waals surface area (Å²) in [5.41, 5.74) is 1.54. The highest BCUT2D eigenvalue weighted by Crippen LogP contribution is 2.29. The van der Waals surface area contributed by atoms with E-state index in [4.69, 9.17) is 0 Å². The number of rotatable bonds is 9. The molecule has 19 heavy (non-hydrogen) atoms. The van der Waals surface area contributed by atoms with Gasteiger partial charge in [-0.3, -0.25) is 0 Å². The fourth-order valence-electron chi connectivity index (χ4n) is 2.29. The van der Waals surface area contributed by atoms with Crippen molar-refractivity contribution in [2.45, 2.75) is 65.9 Å². The third-order valence-electron chi connectivity index (χ3n) is 3.77. The van der Waals surface area contributed by atoms with E-state index in [0.717, 1.165) is 24.3 Å². The molecule has 0 radical (unpaired) electrons. The van der Waals surface area contributed by atoms with Crippen molar-refractivity contribution < 1.29 is 5.11 Å². The van der Waals surface area contributed by atoms with E-state index in [-0.39, 0.29) is 5.92 Å². The molecule has 110 valence electrons. The van der Waals surface area contributed by atoms with E-state index in [1.165, 1.54) is 18.4 Å². The lowest BCUT2D eigenvalue weighted by Crippen LogP contribution is -2.32. The molecule has 0 heterocycles. The minimum atomic E-state index is -0.874. The molecular weight excluding hydrogens is 232 g/mol. The van der Waals surface area contributed by atoms with Gasteiger partial charge in [-0.05, 0) is 46.0 Å². The highest BCUT2D eigenvalue weighted by atomic mass is 16.3. The molecule has 0 spiro atoms. The Balaban J connectivity index is 4.46. The number of hydrogen-bond donors (Lipinski definition) is 1. The largest absolute Gasteiger partial charge is 0.385 e. The zero-order chi connectivity index (χ0) is 15.1. The lowest BCUT2D eigenvalue weighted by Gasteiger charge is -2.30. The van der Waals surface area contributed by atoms with Crippen molar-refractivity contribution in [3.63, 3.8) is 0 Å². The van der Waals surface area contributed by atoms with E-state index in [1.807, 2.05) is 6.92 Å². The van der Waals surface area contributed by atoms with Crippen molar-refractivity contribution in [1.29, 1.82) is 0 Å². The predicted octanol–water partition coefficient (Wildman–Crippen LogP) is 5.28. The van der Waals surface area contributed by atoms with E-state index in [9.17, 15) is 5.11 Å². The van der Waals surface area contributed by atoms with Crippen LogP contribution in [0.15, 0.2) is 36.5 Å². The first-order valence-electron chi connectivity index (χ1n) is 7.37. The van der Waals surface area contributed by atoms with Crippen LogP contribution in [0, 0.1) is 11.8 Å². The number of allylic oxidation sites excluding steroid dienone is 2.